The van der Waals surface area contributed by atoms with Crippen LogP contribution in [0.25, 0.3) is 0 Å². The van der Waals surface area contributed by atoms with E-state index >= 15 is 0 Å². The fraction of sp³-hybridized carbons (Fsp3) is 0.556. The van der Waals surface area contributed by atoms with Gasteiger partial charge in [0.15, 0.2) is 0 Å². The summed E-state index contributed by atoms with van der Waals surface area (Å²) < 4.78 is 0. The maximum absolute atomic E-state index is 5.42. The van der Waals surface area contributed by atoms with Crippen LogP contribution in [0.1, 0.15) is 26.7 Å². The number of nitrogens with zero attached hydrogens (tertiary/aromatic N) is 2. The molecule has 3 N–H and O–H groups in total. The first kappa shape index (κ1) is 9.77. The monoisotopic (exact) mass is 180 g/mol. The molecule has 0 spiro atoms. The molecule has 13 heavy (non-hydrogen) atoms. The van der Waals surface area contributed by atoms with Crippen molar-refractivity contribution in [2.45, 2.75) is 32.7 Å². The van der Waals surface area contributed by atoms with Crippen molar-refractivity contribution in [1.29, 1.82) is 0 Å². The lowest BCUT2D eigenvalue weighted by Crippen LogP contribution is -2.18. The van der Waals surface area contributed by atoms with Crippen molar-refractivity contribution in [1.82, 2.24) is 10.2 Å². The zero-order chi connectivity index (χ0) is 9.68. The highest BCUT2D eigenvalue weighted by atomic mass is 15.2. The first-order valence-corrected chi connectivity index (χ1v) is 4.62. The predicted molar refractivity (Wildman–Crippen MR) is 54.4 cm³/mol. The van der Waals surface area contributed by atoms with Crippen LogP contribution in [0.5, 0.6) is 0 Å². The van der Waals surface area contributed by atoms with Gasteiger partial charge < -0.3 is 11.1 Å². The van der Waals surface area contributed by atoms with E-state index in [0.717, 1.165) is 18.7 Å². The van der Waals surface area contributed by atoms with Gasteiger partial charge in [0.05, 0.1) is 0 Å². The molecule has 4 nitrogen and oxygen atoms in total. The molecule has 1 rings (SSSR count). The van der Waals surface area contributed by atoms with E-state index in [1.807, 2.05) is 6.07 Å². The van der Waals surface area contributed by atoms with Crippen LogP contribution in [-0.4, -0.2) is 16.2 Å². The molecule has 0 amide bonds. The standard InChI is InChI=1S/C9H16N4/c1-3-7(4-2)11-9-6-5-8(10)12-13-9/h5-7H,3-4H2,1-2H3,(H2,10,12)(H,11,13). The molecule has 0 saturated heterocycles. The summed E-state index contributed by atoms with van der Waals surface area (Å²) in [7, 11) is 0. The minimum atomic E-state index is 0.454. The predicted octanol–water partition coefficient (Wildman–Crippen LogP) is 1.66. The first-order chi connectivity index (χ1) is 6.26. The van der Waals surface area contributed by atoms with Gasteiger partial charge in [-0.15, -0.1) is 10.2 Å². The Kier molecular flexibility index (Phi) is 3.49. The summed E-state index contributed by atoms with van der Waals surface area (Å²) in [4.78, 5) is 0. The zero-order valence-electron chi connectivity index (χ0n) is 8.12. The van der Waals surface area contributed by atoms with Crippen molar-refractivity contribution in [2.75, 3.05) is 11.1 Å². The van der Waals surface area contributed by atoms with Gasteiger partial charge >= 0.3 is 0 Å². The second kappa shape index (κ2) is 4.64. The summed E-state index contributed by atoms with van der Waals surface area (Å²) in [6.07, 6.45) is 2.17. The highest BCUT2D eigenvalue weighted by Gasteiger charge is 2.03. The van der Waals surface area contributed by atoms with E-state index in [9.17, 15) is 0 Å². The smallest absolute Gasteiger partial charge is 0.149 e. The highest BCUT2D eigenvalue weighted by Crippen LogP contribution is 2.08. The van der Waals surface area contributed by atoms with Crippen molar-refractivity contribution >= 4 is 11.6 Å². The molecular weight excluding hydrogens is 164 g/mol. The third kappa shape index (κ3) is 2.89. The number of aromatic nitrogens is 2. The Labute approximate surface area is 78.6 Å². The Balaban J connectivity index is 2.58. The van der Waals surface area contributed by atoms with E-state index < -0.39 is 0 Å². The summed E-state index contributed by atoms with van der Waals surface area (Å²) in [5.41, 5.74) is 5.42. The third-order valence-corrected chi connectivity index (χ3v) is 2.02. The van der Waals surface area contributed by atoms with Gasteiger partial charge in [0.2, 0.25) is 0 Å². The second-order valence-corrected chi connectivity index (χ2v) is 3.00. The summed E-state index contributed by atoms with van der Waals surface area (Å²) >= 11 is 0. The van der Waals surface area contributed by atoms with Crippen LogP contribution in [-0.2, 0) is 0 Å². The minimum Gasteiger partial charge on any atom is -0.382 e. The molecule has 0 unspecified atom stereocenters. The average Bonchev–Trinajstić information content (AvgIpc) is 2.17. The molecular formula is C9H16N4. The Hall–Kier alpha value is -1.32. The van der Waals surface area contributed by atoms with Gasteiger partial charge in [-0.1, -0.05) is 13.8 Å². The van der Waals surface area contributed by atoms with E-state index in [1.54, 1.807) is 6.07 Å². The molecule has 72 valence electrons. The summed E-state index contributed by atoms with van der Waals surface area (Å²) in [6.45, 7) is 4.29. The Morgan fingerprint density at radius 3 is 2.46 bits per heavy atom. The fourth-order valence-corrected chi connectivity index (χ4v) is 1.12. The second-order valence-electron chi connectivity index (χ2n) is 3.00. The maximum Gasteiger partial charge on any atom is 0.149 e. The Morgan fingerprint density at radius 1 is 1.31 bits per heavy atom. The van der Waals surface area contributed by atoms with E-state index in [2.05, 4.69) is 29.4 Å². The number of hydrogen-bond donors (Lipinski definition) is 2. The molecule has 0 aliphatic rings. The average molecular weight is 180 g/mol. The van der Waals surface area contributed by atoms with Gasteiger partial charge in [0, 0.05) is 6.04 Å². The zero-order valence-corrected chi connectivity index (χ0v) is 8.12. The van der Waals surface area contributed by atoms with Crippen LogP contribution in [0, 0.1) is 0 Å². The van der Waals surface area contributed by atoms with Crippen molar-refractivity contribution in [3.05, 3.63) is 12.1 Å². The van der Waals surface area contributed by atoms with Gasteiger partial charge in [-0.25, -0.2) is 0 Å². The topological polar surface area (TPSA) is 63.8 Å². The normalized spacial score (nSPS) is 10.4. The van der Waals surface area contributed by atoms with Crippen LogP contribution in [0.3, 0.4) is 0 Å². The molecule has 1 heterocycles. The molecule has 0 saturated carbocycles. The lowest BCUT2D eigenvalue weighted by molar-refractivity contribution is 0.666. The molecule has 0 aliphatic heterocycles. The largest absolute Gasteiger partial charge is 0.382 e. The van der Waals surface area contributed by atoms with Crippen LogP contribution in [0.4, 0.5) is 11.6 Å². The molecule has 0 atom stereocenters. The quantitative estimate of drug-likeness (QED) is 0.739. The van der Waals surface area contributed by atoms with Gasteiger partial charge in [-0.2, -0.15) is 0 Å². The number of hydrogen-bond acceptors (Lipinski definition) is 4. The van der Waals surface area contributed by atoms with Gasteiger partial charge in [0.1, 0.15) is 11.6 Å². The molecule has 1 aromatic rings. The van der Waals surface area contributed by atoms with E-state index in [-0.39, 0.29) is 0 Å². The van der Waals surface area contributed by atoms with Gasteiger partial charge in [0.25, 0.3) is 0 Å². The van der Waals surface area contributed by atoms with Crippen LogP contribution < -0.4 is 11.1 Å². The molecule has 0 aromatic carbocycles. The van der Waals surface area contributed by atoms with Crippen LogP contribution in [0.2, 0.25) is 0 Å². The molecule has 0 fully saturated rings. The maximum atomic E-state index is 5.42. The Bertz CT molecular complexity index is 240. The number of nitrogen functional groups attached to an aromatic ring is 1. The van der Waals surface area contributed by atoms with Crippen molar-refractivity contribution in [3.63, 3.8) is 0 Å². The molecule has 0 bridgehead atoms. The van der Waals surface area contributed by atoms with Crippen LogP contribution in [0.15, 0.2) is 12.1 Å². The SMILES string of the molecule is CCC(CC)Nc1ccc(N)nn1. The number of anilines is 2. The van der Waals surface area contributed by atoms with Crippen molar-refractivity contribution in [3.8, 4) is 0 Å². The van der Waals surface area contributed by atoms with Crippen molar-refractivity contribution in [2.24, 2.45) is 0 Å². The van der Waals surface area contributed by atoms with Gasteiger partial charge in [-0.3, -0.25) is 0 Å². The van der Waals surface area contributed by atoms with Gasteiger partial charge in [-0.05, 0) is 25.0 Å². The lowest BCUT2D eigenvalue weighted by atomic mass is 10.2. The molecule has 0 aliphatic carbocycles. The van der Waals surface area contributed by atoms with Crippen molar-refractivity contribution < 1.29 is 0 Å². The van der Waals surface area contributed by atoms with E-state index in [1.165, 1.54) is 0 Å². The van der Waals surface area contributed by atoms with Crippen LogP contribution >= 0.6 is 0 Å². The third-order valence-electron chi connectivity index (χ3n) is 2.02. The summed E-state index contributed by atoms with van der Waals surface area (Å²) in [5.74, 6) is 1.25. The molecule has 1 aromatic heterocycles. The molecule has 0 radical (unpaired) electrons. The summed E-state index contributed by atoms with van der Waals surface area (Å²) in [5, 5.41) is 11.0. The summed E-state index contributed by atoms with van der Waals surface area (Å²) in [6, 6.07) is 4.07. The number of nitrogens with two attached hydrogens (primary N) is 1. The number of rotatable bonds is 4. The molecule has 4 heteroatoms. The highest BCUT2D eigenvalue weighted by molar-refractivity contribution is 5.38. The first-order valence-electron chi connectivity index (χ1n) is 4.62. The lowest BCUT2D eigenvalue weighted by Gasteiger charge is -2.14. The minimum absolute atomic E-state index is 0.454. The number of nitrogens with one attached hydrogen (secondary N) is 1. The van der Waals surface area contributed by atoms with E-state index in [0.29, 0.717) is 11.9 Å². The fourth-order valence-electron chi connectivity index (χ4n) is 1.12. The van der Waals surface area contributed by atoms with E-state index in [4.69, 9.17) is 5.73 Å². The Morgan fingerprint density at radius 2 is 2.00 bits per heavy atom.